The number of nitrogens with one attached hydrogen (secondary N) is 1. The maximum Gasteiger partial charge on any atom is 0.271 e. The lowest BCUT2D eigenvalue weighted by Gasteiger charge is -2.43. The van der Waals surface area contributed by atoms with Gasteiger partial charge in [0.1, 0.15) is 21.9 Å². The summed E-state index contributed by atoms with van der Waals surface area (Å²) in [6.07, 6.45) is 0. The first-order valence-electron chi connectivity index (χ1n) is 9.34. The van der Waals surface area contributed by atoms with E-state index in [0.717, 1.165) is 15.8 Å². The highest BCUT2D eigenvalue weighted by molar-refractivity contribution is 7.16. The largest absolute Gasteiger partial charge is 0.383 e. The SMILES string of the molecule is COCCN1C(=O)c2cc3ccsc3n2C[C@@]1(C)C(=O)NCc1ccc(F)cc1. The predicted molar refractivity (Wildman–Crippen MR) is 109 cm³/mol. The van der Waals surface area contributed by atoms with Crippen LogP contribution in [0.15, 0.2) is 41.8 Å². The smallest absolute Gasteiger partial charge is 0.271 e. The quantitative estimate of drug-likeness (QED) is 0.673. The second-order valence-electron chi connectivity index (χ2n) is 7.33. The molecule has 1 aliphatic heterocycles. The van der Waals surface area contributed by atoms with E-state index in [-0.39, 0.29) is 24.2 Å². The van der Waals surface area contributed by atoms with Crippen LogP contribution >= 0.6 is 11.3 Å². The molecule has 3 aromatic rings. The van der Waals surface area contributed by atoms with E-state index in [0.29, 0.717) is 25.4 Å². The molecule has 1 aromatic carbocycles. The van der Waals surface area contributed by atoms with Crippen LogP contribution in [0.25, 0.3) is 10.2 Å². The Labute approximate surface area is 171 Å². The van der Waals surface area contributed by atoms with Gasteiger partial charge in [0.25, 0.3) is 5.91 Å². The predicted octanol–water partition coefficient (Wildman–Crippen LogP) is 3.02. The van der Waals surface area contributed by atoms with E-state index in [1.165, 1.54) is 12.1 Å². The number of hydrogen-bond acceptors (Lipinski definition) is 4. The number of rotatable bonds is 6. The third kappa shape index (κ3) is 3.42. The summed E-state index contributed by atoms with van der Waals surface area (Å²) in [4.78, 5) is 29.1. The Bertz CT molecular complexity index is 1060. The van der Waals surface area contributed by atoms with Crippen molar-refractivity contribution in [2.75, 3.05) is 20.3 Å². The summed E-state index contributed by atoms with van der Waals surface area (Å²) in [6, 6.07) is 9.83. The molecule has 1 aliphatic rings. The van der Waals surface area contributed by atoms with E-state index in [9.17, 15) is 14.0 Å². The number of aromatic nitrogens is 1. The number of fused-ring (bicyclic) bond motifs is 3. The Balaban J connectivity index is 1.64. The molecule has 6 nitrogen and oxygen atoms in total. The van der Waals surface area contributed by atoms with Crippen molar-refractivity contribution in [3.8, 4) is 0 Å². The molecule has 0 aliphatic carbocycles. The zero-order valence-electron chi connectivity index (χ0n) is 16.3. The molecule has 0 radical (unpaired) electrons. The van der Waals surface area contributed by atoms with Crippen molar-refractivity contribution in [2.45, 2.75) is 25.6 Å². The molecular weight excluding hydrogens is 393 g/mol. The van der Waals surface area contributed by atoms with E-state index >= 15 is 0 Å². The number of nitrogens with zero attached hydrogens (tertiary/aromatic N) is 2. The fourth-order valence-electron chi connectivity index (χ4n) is 3.77. The normalized spacial score (nSPS) is 18.9. The summed E-state index contributed by atoms with van der Waals surface area (Å²) in [6.45, 7) is 3.05. The average molecular weight is 415 g/mol. The zero-order valence-corrected chi connectivity index (χ0v) is 17.1. The van der Waals surface area contributed by atoms with Crippen molar-refractivity contribution in [3.05, 3.63) is 58.9 Å². The lowest BCUT2D eigenvalue weighted by atomic mass is 9.94. The number of amides is 2. The number of methoxy groups -OCH3 is 1. The van der Waals surface area contributed by atoms with Gasteiger partial charge >= 0.3 is 0 Å². The number of ether oxygens (including phenoxy) is 1. The van der Waals surface area contributed by atoms with Gasteiger partial charge in [0.05, 0.1) is 13.2 Å². The van der Waals surface area contributed by atoms with Crippen LogP contribution < -0.4 is 5.32 Å². The maximum absolute atomic E-state index is 13.3. The topological polar surface area (TPSA) is 63.6 Å². The molecule has 0 spiro atoms. The monoisotopic (exact) mass is 415 g/mol. The summed E-state index contributed by atoms with van der Waals surface area (Å²) >= 11 is 1.55. The van der Waals surface area contributed by atoms with Crippen LogP contribution in [-0.4, -0.2) is 47.1 Å². The Hall–Kier alpha value is -2.71. The molecule has 0 bridgehead atoms. The molecule has 2 amide bonds. The third-order valence-corrected chi connectivity index (χ3v) is 6.35. The highest BCUT2D eigenvalue weighted by Gasteiger charge is 2.47. The summed E-state index contributed by atoms with van der Waals surface area (Å²) in [5, 5.41) is 5.89. The van der Waals surface area contributed by atoms with Gasteiger partial charge in [-0.1, -0.05) is 12.1 Å². The van der Waals surface area contributed by atoms with Crippen LogP contribution in [0.4, 0.5) is 4.39 Å². The fraction of sp³-hybridized carbons (Fsp3) is 0.333. The average Bonchev–Trinajstić information content (AvgIpc) is 3.29. The number of benzene rings is 1. The highest BCUT2D eigenvalue weighted by atomic mass is 32.1. The van der Waals surface area contributed by atoms with E-state index in [1.807, 2.05) is 22.1 Å². The second kappa shape index (κ2) is 7.61. The van der Waals surface area contributed by atoms with Gasteiger partial charge in [-0.2, -0.15) is 0 Å². The van der Waals surface area contributed by atoms with Crippen molar-refractivity contribution in [3.63, 3.8) is 0 Å². The van der Waals surface area contributed by atoms with Gasteiger partial charge in [-0.15, -0.1) is 11.3 Å². The first-order chi connectivity index (χ1) is 13.9. The van der Waals surface area contributed by atoms with Crippen molar-refractivity contribution in [1.82, 2.24) is 14.8 Å². The molecule has 0 saturated carbocycles. The van der Waals surface area contributed by atoms with E-state index < -0.39 is 5.54 Å². The Morgan fingerprint density at radius 3 is 2.79 bits per heavy atom. The molecule has 8 heteroatoms. The second-order valence-corrected chi connectivity index (χ2v) is 8.22. The number of halogens is 1. The molecule has 29 heavy (non-hydrogen) atoms. The molecule has 1 N–H and O–H groups in total. The Morgan fingerprint density at radius 2 is 2.07 bits per heavy atom. The van der Waals surface area contributed by atoms with Crippen molar-refractivity contribution in [1.29, 1.82) is 0 Å². The molecule has 0 saturated heterocycles. The molecular formula is C21H22FN3O3S. The van der Waals surface area contributed by atoms with Crippen molar-refractivity contribution < 1.29 is 18.7 Å². The summed E-state index contributed by atoms with van der Waals surface area (Å²) < 4.78 is 20.2. The lowest BCUT2D eigenvalue weighted by molar-refractivity contribution is -0.133. The third-order valence-electron chi connectivity index (χ3n) is 5.40. The standard InChI is InChI=1S/C21H22FN3O3S/c1-21(20(27)23-12-14-3-5-16(22)6-4-14)13-24-17(11-15-7-10-29-19(15)24)18(26)25(21)8-9-28-2/h3-7,10-11H,8-9,12-13H2,1-2H3,(H,23,27)/t21-/m0/s1. The molecule has 0 unspecified atom stereocenters. The van der Waals surface area contributed by atoms with Gasteiger partial charge in [0.15, 0.2) is 0 Å². The van der Waals surface area contributed by atoms with Crippen molar-refractivity contribution >= 4 is 33.4 Å². The van der Waals surface area contributed by atoms with Crippen molar-refractivity contribution in [2.24, 2.45) is 0 Å². The fourth-order valence-corrected chi connectivity index (χ4v) is 4.66. The Kier molecular flexibility index (Phi) is 5.14. The number of carbonyl (C=O) groups is 2. The Morgan fingerprint density at radius 1 is 1.31 bits per heavy atom. The van der Waals surface area contributed by atoms with Crippen LogP contribution in [-0.2, 0) is 22.6 Å². The first kappa shape index (κ1) is 19.6. The highest BCUT2D eigenvalue weighted by Crippen LogP contribution is 2.34. The van der Waals surface area contributed by atoms with Crippen LogP contribution in [0.5, 0.6) is 0 Å². The molecule has 3 heterocycles. The summed E-state index contributed by atoms with van der Waals surface area (Å²) in [5.41, 5.74) is 0.307. The first-order valence-corrected chi connectivity index (χ1v) is 10.2. The summed E-state index contributed by atoms with van der Waals surface area (Å²) in [7, 11) is 1.57. The molecule has 152 valence electrons. The van der Waals surface area contributed by atoms with E-state index in [1.54, 1.807) is 42.4 Å². The van der Waals surface area contributed by atoms with Gasteiger partial charge in [0.2, 0.25) is 5.91 Å². The minimum Gasteiger partial charge on any atom is -0.383 e. The van der Waals surface area contributed by atoms with Crippen LogP contribution in [0, 0.1) is 5.82 Å². The molecule has 2 aromatic heterocycles. The molecule has 4 rings (SSSR count). The van der Waals surface area contributed by atoms with Crippen LogP contribution in [0.3, 0.4) is 0 Å². The van der Waals surface area contributed by atoms with E-state index in [2.05, 4.69) is 5.32 Å². The zero-order chi connectivity index (χ0) is 20.6. The van der Waals surface area contributed by atoms with E-state index in [4.69, 9.17) is 4.74 Å². The number of thiophene rings is 1. The van der Waals surface area contributed by atoms with Gasteiger partial charge in [-0.05, 0) is 42.1 Å². The van der Waals surface area contributed by atoms with Crippen LogP contribution in [0.1, 0.15) is 23.0 Å². The molecule has 0 fully saturated rings. The molecule has 1 atom stereocenters. The minimum absolute atomic E-state index is 0.184. The number of carbonyl (C=O) groups excluding carboxylic acids is 2. The minimum atomic E-state index is -1.07. The van der Waals surface area contributed by atoms with Gasteiger partial charge in [-0.3, -0.25) is 9.59 Å². The summed E-state index contributed by atoms with van der Waals surface area (Å²) in [5.74, 6) is -0.762. The van der Waals surface area contributed by atoms with Crippen LogP contribution in [0.2, 0.25) is 0 Å². The maximum atomic E-state index is 13.3. The lowest BCUT2D eigenvalue weighted by Crippen LogP contribution is -2.64. The number of hydrogen-bond donors (Lipinski definition) is 1. The van der Waals surface area contributed by atoms with Gasteiger partial charge in [0, 0.05) is 25.6 Å². The van der Waals surface area contributed by atoms with Gasteiger partial charge < -0.3 is 19.5 Å². The van der Waals surface area contributed by atoms with Gasteiger partial charge in [-0.25, -0.2) is 4.39 Å².